The topological polar surface area (TPSA) is 54.5 Å². The smallest absolute Gasteiger partial charge is 0.166 e. The number of thiophene rings is 1. The molecular weight excluding hydrogens is 557 g/mol. The molecule has 0 bridgehead atoms. The van der Waals surface area contributed by atoms with Crippen molar-refractivity contribution in [1.29, 1.82) is 5.26 Å². The lowest BCUT2D eigenvalue weighted by Crippen LogP contribution is -2.02. The SMILES string of the molecule is N#Cc1cccc(-c2ccc3c(c2)sc2nc(-n4c5ccccc5c5cc6ccccc6cc54)c(-c4ccccc4)nc23)c1. The Balaban J connectivity index is 1.36. The summed E-state index contributed by atoms with van der Waals surface area (Å²) in [7, 11) is 0. The van der Waals surface area contributed by atoms with Gasteiger partial charge in [0.05, 0.1) is 22.7 Å². The van der Waals surface area contributed by atoms with E-state index < -0.39 is 0 Å². The summed E-state index contributed by atoms with van der Waals surface area (Å²) in [4.78, 5) is 11.7. The van der Waals surface area contributed by atoms with E-state index in [4.69, 9.17) is 9.97 Å². The minimum atomic E-state index is 0.651. The van der Waals surface area contributed by atoms with Gasteiger partial charge in [0, 0.05) is 26.4 Å². The van der Waals surface area contributed by atoms with E-state index in [1.165, 1.54) is 21.5 Å². The fourth-order valence-electron chi connectivity index (χ4n) is 6.34. The summed E-state index contributed by atoms with van der Waals surface area (Å²) >= 11 is 1.66. The summed E-state index contributed by atoms with van der Waals surface area (Å²) in [5, 5.41) is 15.3. The van der Waals surface area contributed by atoms with Crippen LogP contribution in [0.4, 0.5) is 0 Å². The van der Waals surface area contributed by atoms with Gasteiger partial charge >= 0.3 is 0 Å². The van der Waals surface area contributed by atoms with Gasteiger partial charge in [0.15, 0.2) is 5.82 Å². The average molecular weight is 579 g/mol. The maximum atomic E-state index is 9.42. The Kier molecular flexibility index (Phi) is 5.40. The maximum absolute atomic E-state index is 9.42. The number of nitrogens with zero attached hydrogens (tertiary/aromatic N) is 4. The van der Waals surface area contributed by atoms with Crippen LogP contribution in [0.1, 0.15) is 5.56 Å². The van der Waals surface area contributed by atoms with Crippen LogP contribution in [0.5, 0.6) is 0 Å². The van der Waals surface area contributed by atoms with Crippen molar-refractivity contribution in [1.82, 2.24) is 14.5 Å². The Bertz CT molecular complexity index is 2620. The standard InChI is InChI=1S/C39H22N4S/c40-23-24-9-8-14-26(19-24)29-17-18-31-35(22-29)44-39-37(31)41-36(25-10-2-1-3-11-25)38(42-39)43-33-16-7-6-15-30(33)32-20-27-12-4-5-13-28(27)21-34(32)43/h1-22H. The molecule has 0 radical (unpaired) electrons. The number of benzene rings is 6. The van der Waals surface area contributed by atoms with Gasteiger partial charge in [-0.05, 0) is 58.3 Å². The van der Waals surface area contributed by atoms with E-state index in [9.17, 15) is 5.26 Å². The van der Waals surface area contributed by atoms with E-state index in [1.807, 2.05) is 30.3 Å². The zero-order valence-corrected chi connectivity index (χ0v) is 24.2. The number of hydrogen-bond acceptors (Lipinski definition) is 4. The van der Waals surface area contributed by atoms with Crippen molar-refractivity contribution in [2.75, 3.05) is 0 Å². The molecule has 0 atom stereocenters. The Morgan fingerprint density at radius 2 is 1.32 bits per heavy atom. The second kappa shape index (κ2) is 9.60. The molecule has 0 amide bonds. The molecule has 3 heterocycles. The van der Waals surface area contributed by atoms with Crippen molar-refractivity contribution >= 4 is 64.3 Å². The molecule has 44 heavy (non-hydrogen) atoms. The number of fused-ring (bicyclic) bond motifs is 7. The first-order valence-electron chi connectivity index (χ1n) is 14.5. The first kappa shape index (κ1) is 24.7. The lowest BCUT2D eigenvalue weighted by atomic mass is 10.0. The molecule has 0 aliphatic rings. The normalized spacial score (nSPS) is 11.6. The summed E-state index contributed by atoms with van der Waals surface area (Å²) in [5.41, 5.74) is 7.72. The van der Waals surface area contributed by atoms with Gasteiger partial charge in [-0.1, -0.05) is 97.1 Å². The highest BCUT2D eigenvalue weighted by Gasteiger charge is 2.21. The highest BCUT2D eigenvalue weighted by molar-refractivity contribution is 7.25. The molecule has 5 heteroatoms. The third-order valence-electron chi connectivity index (χ3n) is 8.41. The average Bonchev–Trinajstić information content (AvgIpc) is 3.61. The molecule has 6 aromatic carbocycles. The van der Waals surface area contributed by atoms with Gasteiger partial charge in [0.1, 0.15) is 16.0 Å². The highest BCUT2D eigenvalue weighted by Crippen LogP contribution is 2.40. The maximum Gasteiger partial charge on any atom is 0.166 e. The molecule has 9 rings (SSSR count). The van der Waals surface area contributed by atoms with E-state index in [0.29, 0.717) is 5.56 Å². The van der Waals surface area contributed by atoms with Crippen molar-refractivity contribution in [2.45, 2.75) is 0 Å². The summed E-state index contributed by atoms with van der Waals surface area (Å²) in [5.74, 6) is 0.818. The predicted molar refractivity (Wildman–Crippen MR) is 182 cm³/mol. The first-order chi connectivity index (χ1) is 21.7. The first-order valence-corrected chi connectivity index (χ1v) is 15.3. The van der Waals surface area contributed by atoms with E-state index in [1.54, 1.807) is 11.3 Å². The van der Waals surface area contributed by atoms with Crippen molar-refractivity contribution in [3.63, 3.8) is 0 Å². The van der Waals surface area contributed by atoms with Gasteiger partial charge in [-0.25, -0.2) is 9.97 Å². The molecule has 0 aliphatic heterocycles. The van der Waals surface area contributed by atoms with Crippen molar-refractivity contribution in [3.05, 3.63) is 139 Å². The number of aromatic nitrogens is 3. The van der Waals surface area contributed by atoms with Crippen LogP contribution in [0.25, 0.3) is 81.2 Å². The highest BCUT2D eigenvalue weighted by atomic mass is 32.1. The number of nitriles is 1. The Hall–Kier alpha value is -5.83. The second-order valence-electron chi connectivity index (χ2n) is 11.0. The number of hydrogen-bond donors (Lipinski definition) is 0. The Morgan fingerprint density at radius 1 is 0.568 bits per heavy atom. The van der Waals surface area contributed by atoms with Crippen LogP contribution in [0.2, 0.25) is 0 Å². The van der Waals surface area contributed by atoms with Crippen LogP contribution in [0.3, 0.4) is 0 Å². The molecule has 0 saturated heterocycles. The van der Waals surface area contributed by atoms with Crippen LogP contribution >= 0.6 is 11.3 Å². The Labute approximate surface area is 256 Å². The third-order valence-corrected chi connectivity index (χ3v) is 9.45. The fourth-order valence-corrected chi connectivity index (χ4v) is 7.39. The molecule has 0 fully saturated rings. The largest absolute Gasteiger partial charge is 0.292 e. The summed E-state index contributed by atoms with van der Waals surface area (Å²) in [6.45, 7) is 0. The monoisotopic (exact) mass is 578 g/mol. The Morgan fingerprint density at radius 3 is 2.18 bits per heavy atom. The molecule has 4 nitrogen and oxygen atoms in total. The number of para-hydroxylation sites is 1. The van der Waals surface area contributed by atoms with Gasteiger partial charge < -0.3 is 0 Å². The minimum absolute atomic E-state index is 0.651. The molecule has 204 valence electrons. The van der Waals surface area contributed by atoms with E-state index in [-0.39, 0.29) is 0 Å². The van der Waals surface area contributed by atoms with Gasteiger partial charge in [-0.3, -0.25) is 4.57 Å². The zero-order chi connectivity index (χ0) is 29.2. The van der Waals surface area contributed by atoms with Crippen LogP contribution in [-0.4, -0.2) is 14.5 Å². The van der Waals surface area contributed by atoms with Gasteiger partial charge in [-0.15, -0.1) is 11.3 Å². The molecule has 0 aliphatic carbocycles. The van der Waals surface area contributed by atoms with Crippen LogP contribution in [0.15, 0.2) is 133 Å². The summed E-state index contributed by atoms with van der Waals surface area (Å²) < 4.78 is 3.40. The van der Waals surface area contributed by atoms with Crippen molar-refractivity contribution in [2.24, 2.45) is 0 Å². The van der Waals surface area contributed by atoms with Gasteiger partial charge in [0.25, 0.3) is 0 Å². The summed E-state index contributed by atoms with van der Waals surface area (Å²) in [6, 6.07) is 48.4. The van der Waals surface area contributed by atoms with E-state index >= 15 is 0 Å². The van der Waals surface area contributed by atoms with E-state index in [0.717, 1.165) is 59.7 Å². The lowest BCUT2D eigenvalue weighted by molar-refractivity contribution is 1.09. The molecule has 9 aromatic rings. The van der Waals surface area contributed by atoms with Gasteiger partial charge in [0.2, 0.25) is 0 Å². The quantitative estimate of drug-likeness (QED) is 0.210. The predicted octanol–water partition coefficient (Wildman–Crippen LogP) is 10.3. The fraction of sp³-hybridized carbons (Fsp3) is 0. The van der Waals surface area contributed by atoms with Crippen LogP contribution in [-0.2, 0) is 0 Å². The summed E-state index contributed by atoms with van der Waals surface area (Å²) in [6.07, 6.45) is 0. The van der Waals surface area contributed by atoms with Crippen molar-refractivity contribution < 1.29 is 0 Å². The molecule has 0 unspecified atom stereocenters. The number of rotatable bonds is 3. The van der Waals surface area contributed by atoms with E-state index in [2.05, 4.69) is 114 Å². The third kappa shape index (κ3) is 3.75. The van der Waals surface area contributed by atoms with Crippen LogP contribution in [0, 0.1) is 11.3 Å². The van der Waals surface area contributed by atoms with Crippen molar-refractivity contribution in [3.8, 4) is 34.3 Å². The van der Waals surface area contributed by atoms with Crippen LogP contribution < -0.4 is 0 Å². The second-order valence-corrected chi connectivity index (χ2v) is 12.0. The lowest BCUT2D eigenvalue weighted by Gasteiger charge is -2.13. The molecule has 0 N–H and O–H groups in total. The molecule has 3 aromatic heterocycles. The molecule has 0 saturated carbocycles. The molecule has 0 spiro atoms. The van der Waals surface area contributed by atoms with Gasteiger partial charge in [-0.2, -0.15) is 5.26 Å². The minimum Gasteiger partial charge on any atom is -0.292 e. The zero-order valence-electron chi connectivity index (χ0n) is 23.4. The molecular formula is C39H22N4S.